The predicted molar refractivity (Wildman–Crippen MR) is 95.0 cm³/mol. The zero-order valence-electron chi connectivity index (χ0n) is 9.42. The normalized spacial score (nSPS) is 10.3. The van der Waals surface area contributed by atoms with Gasteiger partial charge in [-0.2, -0.15) is 0 Å². The molecule has 0 unspecified atom stereocenters. The molecule has 8 heteroatoms. The third-order valence-electron chi connectivity index (χ3n) is 2.35. The largest absolute Gasteiger partial charge is 0.478 e. The average molecular weight is 586 g/mol. The maximum atomic E-state index is 11.5. The van der Waals surface area contributed by atoms with Gasteiger partial charge in [-0.25, -0.2) is 4.79 Å². The first kappa shape index (κ1) is 16.2. The maximum absolute atomic E-state index is 11.5. The molecule has 1 aromatic carbocycles. The van der Waals surface area contributed by atoms with E-state index in [0.29, 0.717) is 22.1 Å². The van der Waals surface area contributed by atoms with Crippen LogP contribution in [-0.2, 0) is 4.79 Å². The molecule has 0 atom stereocenters. The minimum absolute atomic E-state index is 0.136. The number of nitrogen functional groups attached to an aromatic ring is 1. The molecule has 0 spiro atoms. The predicted octanol–water partition coefficient (Wildman–Crippen LogP) is 2.76. The third kappa shape index (κ3) is 2.84. The topological polar surface area (TPSA) is 83.6 Å². The third-order valence-corrected chi connectivity index (χ3v) is 5.61. The number of hydrogen-bond acceptors (Lipinski definition) is 3. The van der Waals surface area contributed by atoms with Crippen molar-refractivity contribution >= 4 is 91.0 Å². The van der Waals surface area contributed by atoms with Gasteiger partial charge in [0.1, 0.15) is 0 Å². The smallest absolute Gasteiger partial charge is 0.338 e. The maximum Gasteiger partial charge on any atom is 0.338 e. The van der Waals surface area contributed by atoms with Gasteiger partial charge >= 0.3 is 5.97 Å². The lowest BCUT2D eigenvalue weighted by Gasteiger charge is -2.22. The van der Waals surface area contributed by atoms with Crippen LogP contribution in [0.3, 0.4) is 0 Å². The number of rotatable bonds is 2. The molecular weight excluding hydrogens is 577 g/mol. The number of carboxylic acid groups (broad SMARTS) is 1. The van der Waals surface area contributed by atoms with Gasteiger partial charge in [0.25, 0.3) is 0 Å². The molecule has 0 radical (unpaired) electrons. The fourth-order valence-corrected chi connectivity index (χ4v) is 5.66. The SMILES string of the molecule is CC(=O)N(C)c1c(I)c(N)c(I)c(C(=O)O)c1I. The van der Waals surface area contributed by atoms with Gasteiger partial charge in [0.2, 0.25) is 5.91 Å². The molecule has 0 aliphatic heterocycles. The summed E-state index contributed by atoms with van der Waals surface area (Å²) in [6.07, 6.45) is 0. The molecule has 18 heavy (non-hydrogen) atoms. The van der Waals surface area contributed by atoms with Crippen LogP contribution in [0, 0.1) is 10.7 Å². The summed E-state index contributed by atoms with van der Waals surface area (Å²) < 4.78 is 1.69. The summed E-state index contributed by atoms with van der Waals surface area (Å²) in [7, 11) is 1.60. The first-order chi connectivity index (χ1) is 8.20. The van der Waals surface area contributed by atoms with E-state index in [1.54, 1.807) is 7.05 Å². The lowest BCUT2D eigenvalue weighted by Crippen LogP contribution is -2.26. The number of amides is 1. The lowest BCUT2D eigenvalue weighted by atomic mass is 10.1. The second kappa shape index (κ2) is 6.07. The van der Waals surface area contributed by atoms with Crippen molar-refractivity contribution in [3.63, 3.8) is 0 Å². The van der Waals surface area contributed by atoms with Gasteiger partial charge in [-0.05, 0) is 67.8 Å². The van der Waals surface area contributed by atoms with Crippen LogP contribution >= 0.6 is 67.8 Å². The Bertz CT molecular complexity index is 546. The van der Waals surface area contributed by atoms with Crippen LogP contribution < -0.4 is 10.6 Å². The lowest BCUT2D eigenvalue weighted by molar-refractivity contribution is -0.116. The van der Waals surface area contributed by atoms with Crippen molar-refractivity contribution in [2.75, 3.05) is 17.7 Å². The highest BCUT2D eigenvalue weighted by atomic mass is 127. The van der Waals surface area contributed by atoms with Crippen LogP contribution in [0.4, 0.5) is 11.4 Å². The Hall–Kier alpha value is 0.150. The zero-order chi connectivity index (χ0) is 14.2. The molecule has 0 aliphatic rings. The number of nitrogens with zero attached hydrogens (tertiary/aromatic N) is 1. The molecule has 1 aromatic rings. The number of carbonyl (C=O) groups excluding carboxylic acids is 1. The Balaban J connectivity index is 3.73. The molecule has 98 valence electrons. The number of hydrogen-bond donors (Lipinski definition) is 2. The number of nitrogens with two attached hydrogens (primary N) is 1. The number of benzene rings is 1. The minimum Gasteiger partial charge on any atom is -0.478 e. The monoisotopic (exact) mass is 586 g/mol. The van der Waals surface area contributed by atoms with Crippen LogP contribution in [0.1, 0.15) is 17.3 Å². The zero-order valence-corrected chi connectivity index (χ0v) is 15.9. The van der Waals surface area contributed by atoms with Crippen molar-refractivity contribution < 1.29 is 14.7 Å². The van der Waals surface area contributed by atoms with Crippen LogP contribution in [-0.4, -0.2) is 24.0 Å². The summed E-state index contributed by atoms with van der Waals surface area (Å²) in [4.78, 5) is 24.1. The molecule has 3 N–H and O–H groups in total. The molecule has 0 aliphatic carbocycles. The fourth-order valence-electron chi connectivity index (χ4n) is 1.31. The molecule has 0 fully saturated rings. The Morgan fingerprint density at radius 2 is 1.67 bits per heavy atom. The summed E-state index contributed by atoms with van der Waals surface area (Å²) in [5, 5.41) is 9.24. The van der Waals surface area contributed by atoms with Crippen LogP contribution in [0.15, 0.2) is 0 Å². The second-order valence-corrected chi connectivity index (χ2v) is 6.70. The van der Waals surface area contributed by atoms with E-state index >= 15 is 0 Å². The van der Waals surface area contributed by atoms with Crippen molar-refractivity contribution in [3.05, 3.63) is 16.3 Å². The first-order valence-corrected chi connectivity index (χ1v) is 7.87. The quantitative estimate of drug-likeness (QED) is 0.413. The Morgan fingerprint density at radius 1 is 1.17 bits per heavy atom. The molecule has 1 amide bonds. The molecular formula is C10H9I3N2O3. The molecule has 0 saturated heterocycles. The van der Waals surface area contributed by atoms with Crippen LogP contribution in [0.25, 0.3) is 0 Å². The highest BCUT2D eigenvalue weighted by Gasteiger charge is 2.25. The molecule has 0 saturated carbocycles. The first-order valence-electron chi connectivity index (χ1n) is 4.63. The highest BCUT2D eigenvalue weighted by molar-refractivity contribution is 14.1. The number of anilines is 2. The van der Waals surface area contributed by atoms with Crippen molar-refractivity contribution in [3.8, 4) is 0 Å². The molecule has 0 heterocycles. The highest BCUT2D eigenvalue weighted by Crippen LogP contribution is 2.38. The summed E-state index contributed by atoms with van der Waals surface area (Å²) in [5.74, 6) is -1.23. The van der Waals surface area contributed by atoms with Crippen LogP contribution in [0.5, 0.6) is 0 Å². The van der Waals surface area contributed by atoms with Gasteiger partial charge in [0, 0.05) is 14.0 Å². The Morgan fingerprint density at radius 3 is 2.06 bits per heavy atom. The standard InChI is InChI=1S/C10H9I3N2O3/c1-3(16)15(2)9-6(12)4(10(17)18)5(11)8(14)7(9)13/h14H2,1-2H3,(H,17,18). The number of aromatic carboxylic acids is 1. The molecule has 5 nitrogen and oxygen atoms in total. The number of halogens is 3. The fraction of sp³-hybridized carbons (Fsp3) is 0.200. The van der Waals surface area contributed by atoms with Crippen molar-refractivity contribution in [1.29, 1.82) is 0 Å². The molecule has 0 aromatic heterocycles. The van der Waals surface area contributed by atoms with Gasteiger partial charge in [-0.15, -0.1) is 0 Å². The number of carboxylic acids is 1. The van der Waals surface area contributed by atoms with E-state index in [0.717, 1.165) is 0 Å². The average Bonchev–Trinajstić information content (AvgIpc) is 2.25. The van der Waals surface area contributed by atoms with Gasteiger partial charge in [-0.1, -0.05) is 0 Å². The van der Waals surface area contributed by atoms with Gasteiger partial charge < -0.3 is 15.7 Å². The summed E-state index contributed by atoms with van der Waals surface area (Å²) in [5.41, 5.74) is 6.97. The molecule has 1 rings (SSSR count). The Kier molecular flexibility index (Phi) is 5.46. The van der Waals surface area contributed by atoms with Crippen LogP contribution in [0.2, 0.25) is 0 Å². The van der Waals surface area contributed by atoms with Gasteiger partial charge in [0.15, 0.2) is 0 Å². The van der Waals surface area contributed by atoms with E-state index in [9.17, 15) is 14.7 Å². The number of carbonyl (C=O) groups is 2. The van der Waals surface area contributed by atoms with E-state index in [1.165, 1.54) is 11.8 Å². The van der Waals surface area contributed by atoms with E-state index in [-0.39, 0.29) is 11.5 Å². The van der Waals surface area contributed by atoms with Gasteiger partial charge in [-0.3, -0.25) is 4.79 Å². The summed E-state index contributed by atoms with van der Waals surface area (Å²) in [6, 6.07) is 0. The van der Waals surface area contributed by atoms with E-state index < -0.39 is 5.97 Å². The van der Waals surface area contributed by atoms with Crippen molar-refractivity contribution in [2.24, 2.45) is 0 Å². The minimum atomic E-state index is -1.05. The second-order valence-electron chi connectivity index (χ2n) is 3.46. The van der Waals surface area contributed by atoms with E-state index in [1.807, 2.05) is 67.8 Å². The van der Waals surface area contributed by atoms with Crippen molar-refractivity contribution in [2.45, 2.75) is 6.92 Å². The van der Waals surface area contributed by atoms with E-state index in [4.69, 9.17) is 5.73 Å². The summed E-state index contributed by atoms with van der Waals surface area (Å²) in [6.45, 7) is 1.42. The Labute approximate surface area is 145 Å². The summed E-state index contributed by atoms with van der Waals surface area (Å²) >= 11 is 5.87. The molecule has 0 bridgehead atoms. The van der Waals surface area contributed by atoms with Gasteiger partial charge in [0.05, 0.1) is 27.6 Å². The van der Waals surface area contributed by atoms with Crippen molar-refractivity contribution in [1.82, 2.24) is 0 Å². The van der Waals surface area contributed by atoms with E-state index in [2.05, 4.69) is 0 Å².